The molecule has 20 heavy (non-hydrogen) atoms. The lowest BCUT2D eigenvalue weighted by molar-refractivity contribution is -0.671. The number of aryl methyl sites for hydroxylation is 2. The molecule has 0 amide bonds. The van der Waals surface area contributed by atoms with Gasteiger partial charge in [0.2, 0.25) is 12.7 Å². The summed E-state index contributed by atoms with van der Waals surface area (Å²) in [6.45, 7) is 1.43. The van der Waals surface area contributed by atoms with Crippen LogP contribution >= 0.6 is 0 Å². The highest BCUT2D eigenvalue weighted by Crippen LogP contribution is 2.38. The molecule has 2 aromatic heterocycles. The van der Waals surface area contributed by atoms with E-state index in [0.29, 0.717) is 13.2 Å². The molecule has 0 bridgehead atoms. The molecule has 0 spiro atoms. The van der Waals surface area contributed by atoms with Gasteiger partial charge >= 0.3 is 0 Å². The third-order valence-corrected chi connectivity index (χ3v) is 4.35. The van der Waals surface area contributed by atoms with Crippen molar-refractivity contribution in [2.75, 3.05) is 13.2 Å². The monoisotopic (exact) mass is 276 g/mol. The molecule has 2 fully saturated rings. The van der Waals surface area contributed by atoms with Crippen molar-refractivity contribution < 1.29 is 18.6 Å². The second-order valence-electron chi connectivity index (χ2n) is 5.78. The Labute approximate surface area is 117 Å². The molecule has 0 aliphatic carbocycles. The summed E-state index contributed by atoms with van der Waals surface area (Å²) < 4.78 is 20.6. The molecule has 0 aromatic carbocycles. The van der Waals surface area contributed by atoms with Gasteiger partial charge in [0, 0.05) is 0 Å². The number of hydrogen-bond donors (Lipinski definition) is 0. The van der Waals surface area contributed by atoms with E-state index in [1.807, 2.05) is 35.6 Å². The van der Waals surface area contributed by atoms with Crippen molar-refractivity contribution in [1.29, 1.82) is 0 Å². The van der Waals surface area contributed by atoms with E-state index >= 15 is 0 Å². The minimum atomic E-state index is 0.139. The van der Waals surface area contributed by atoms with Crippen molar-refractivity contribution in [1.82, 2.24) is 9.13 Å². The minimum absolute atomic E-state index is 0.139. The molecule has 4 atom stereocenters. The first-order valence-corrected chi connectivity index (χ1v) is 7.01. The third kappa shape index (κ3) is 1.79. The Hall–Kier alpha value is -1.66. The van der Waals surface area contributed by atoms with Crippen LogP contribution in [0.1, 0.15) is 12.1 Å². The summed E-state index contributed by atoms with van der Waals surface area (Å²) in [7, 11) is 4.06. The molecule has 4 heterocycles. The lowest BCUT2D eigenvalue weighted by Gasteiger charge is -2.13. The molecule has 2 aromatic rings. The lowest BCUT2D eigenvalue weighted by Crippen LogP contribution is -2.31. The summed E-state index contributed by atoms with van der Waals surface area (Å²) in [5.74, 6) is 0. The van der Waals surface area contributed by atoms with Gasteiger partial charge in [-0.15, -0.1) is 0 Å². The van der Waals surface area contributed by atoms with Gasteiger partial charge in [-0.2, -0.15) is 0 Å². The second kappa shape index (κ2) is 4.43. The van der Waals surface area contributed by atoms with Crippen LogP contribution in [0.4, 0.5) is 0 Å². The standard InChI is InChI=1S/C14H20N4O2/c1-15-3-5-17(9-15)11-7-19-14-12(8-20-13(11)14)18-6-4-16(2)10-18/h3-6,9-14H,7-8H2,1-2H3/q+2/t11-,12-,13+,14+/m0/s1. The van der Waals surface area contributed by atoms with Gasteiger partial charge in [-0.1, -0.05) is 0 Å². The summed E-state index contributed by atoms with van der Waals surface area (Å²) in [5, 5.41) is 0. The van der Waals surface area contributed by atoms with Gasteiger partial charge in [0.25, 0.3) is 0 Å². The normalized spacial score (nSPS) is 32.7. The fourth-order valence-electron chi connectivity index (χ4n) is 3.30. The third-order valence-electron chi connectivity index (χ3n) is 4.35. The van der Waals surface area contributed by atoms with Crippen LogP contribution in [0, 0.1) is 0 Å². The molecular weight excluding hydrogens is 256 g/mol. The number of imidazole rings is 2. The first kappa shape index (κ1) is 12.1. The molecule has 6 nitrogen and oxygen atoms in total. The van der Waals surface area contributed by atoms with E-state index in [4.69, 9.17) is 9.47 Å². The van der Waals surface area contributed by atoms with Crippen molar-refractivity contribution in [2.45, 2.75) is 24.3 Å². The highest BCUT2D eigenvalue weighted by Gasteiger charge is 2.52. The van der Waals surface area contributed by atoms with Gasteiger partial charge in [0.15, 0.2) is 12.1 Å². The van der Waals surface area contributed by atoms with Crippen molar-refractivity contribution in [3.8, 4) is 0 Å². The van der Waals surface area contributed by atoms with E-state index < -0.39 is 0 Å². The molecule has 2 aliphatic heterocycles. The summed E-state index contributed by atoms with van der Waals surface area (Å²) in [6, 6.07) is 0.547. The van der Waals surface area contributed by atoms with Crippen LogP contribution in [-0.2, 0) is 23.6 Å². The second-order valence-corrected chi connectivity index (χ2v) is 5.78. The van der Waals surface area contributed by atoms with E-state index in [1.165, 1.54) is 0 Å². The van der Waals surface area contributed by atoms with Crippen LogP contribution in [-0.4, -0.2) is 34.6 Å². The zero-order chi connectivity index (χ0) is 13.7. The molecule has 106 valence electrons. The van der Waals surface area contributed by atoms with Gasteiger partial charge in [-0.25, -0.2) is 18.3 Å². The number of hydrogen-bond acceptors (Lipinski definition) is 2. The average molecular weight is 276 g/mol. The van der Waals surface area contributed by atoms with Crippen LogP contribution in [0.3, 0.4) is 0 Å². The molecule has 0 radical (unpaired) electrons. The number of fused-ring (bicyclic) bond motifs is 1. The maximum atomic E-state index is 6.04. The van der Waals surface area contributed by atoms with Crippen LogP contribution in [0.2, 0.25) is 0 Å². The Morgan fingerprint density at radius 1 is 0.850 bits per heavy atom. The van der Waals surface area contributed by atoms with Crippen molar-refractivity contribution >= 4 is 0 Å². The van der Waals surface area contributed by atoms with Gasteiger partial charge < -0.3 is 9.47 Å². The van der Waals surface area contributed by atoms with E-state index in [-0.39, 0.29) is 24.3 Å². The predicted octanol–water partition coefficient (Wildman–Crippen LogP) is -0.481. The van der Waals surface area contributed by atoms with Crippen molar-refractivity contribution in [3.05, 3.63) is 37.4 Å². The van der Waals surface area contributed by atoms with Crippen LogP contribution in [0.5, 0.6) is 0 Å². The first-order chi connectivity index (χ1) is 9.72. The topological polar surface area (TPSA) is 36.1 Å². The van der Waals surface area contributed by atoms with Crippen LogP contribution in [0.25, 0.3) is 0 Å². The van der Waals surface area contributed by atoms with Crippen LogP contribution < -0.4 is 9.13 Å². The average Bonchev–Trinajstić information content (AvgIpc) is 3.12. The first-order valence-electron chi connectivity index (χ1n) is 7.01. The van der Waals surface area contributed by atoms with E-state index in [1.54, 1.807) is 0 Å². The molecule has 6 heteroatoms. The molecule has 2 aliphatic rings. The van der Waals surface area contributed by atoms with Gasteiger partial charge in [-0.05, 0) is 0 Å². The smallest absolute Gasteiger partial charge is 0.243 e. The number of nitrogens with zero attached hydrogens (tertiary/aromatic N) is 4. The zero-order valence-corrected chi connectivity index (χ0v) is 11.8. The molecule has 0 unspecified atom stereocenters. The number of aromatic nitrogens is 4. The SMILES string of the molecule is C[n+]1ccn([C@H]2CO[C@H]3[C@@H]2OC[C@@H]3n2cc[n+](C)c2)c1. The summed E-state index contributed by atoms with van der Waals surface area (Å²) in [6.07, 6.45) is 12.7. The largest absolute Gasteiger partial charge is 0.366 e. The maximum absolute atomic E-state index is 6.04. The summed E-state index contributed by atoms with van der Waals surface area (Å²) in [5.41, 5.74) is 0. The van der Waals surface area contributed by atoms with Crippen molar-refractivity contribution in [2.24, 2.45) is 14.1 Å². The number of rotatable bonds is 2. The molecular formula is C14H20N4O2+2. The Balaban J connectivity index is 1.58. The Morgan fingerprint density at radius 3 is 1.65 bits per heavy atom. The van der Waals surface area contributed by atoms with Crippen LogP contribution in [0.15, 0.2) is 37.4 Å². The predicted molar refractivity (Wildman–Crippen MR) is 68.8 cm³/mol. The quantitative estimate of drug-likeness (QED) is 0.695. The Morgan fingerprint density at radius 2 is 1.30 bits per heavy atom. The highest BCUT2D eigenvalue weighted by molar-refractivity contribution is 5.00. The number of ether oxygens (including phenoxy) is 2. The Bertz CT molecular complexity index is 566. The minimum Gasteiger partial charge on any atom is -0.366 e. The molecule has 0 saturated carbocycles. The highest BCUT2D eigenvalue weighted by atomic mass is 16.6. The van der Waals surface area contributed by atoms with Gasteiger partial charge in [-0.3, -0.25) is 0 Å². The fraction of sp³-hybridized carbons (Fsp3) is 0.571. The maximum Gasteiger partial charge on any atom is 0.243 e. The fourth-order valence-corrected chi connectivity index (χ4v) is 3.30. The molecule has 2 saturated heterocycles. The van der Waals surface area contributed by atoms with E-state index in [9.17, 15) is 0 Å². The lowest BCUT2D eigenvalue weighted by atomic mass is 10.1. The Kier molecular flexibility index (Phi) is 2.68. The molecule has 4 rings (SSSR count). The summed E-state index contributed by atoms with van der Waals surface area (Å²) in [4.78, 5) is 0. The van der Waals surface area contributed by atoms with Gasteiger partial charge in [0.05, 0.1) is 27.3 Å². The molecule has 0 N–H and O–H groups in total. The zero-order valence-electron chi connectivity index (χ0n) is 11.8. The van der Waals surface area contributed by atoms with E-state index in [0.717, 1.165) is 0 Å². The van der Waals surface area contributed by atoms with Gasteiger partial charge in [0.1, 0.15) is 37.0 Å². The van der Waals surface area contributed by atoms with E-state index in [2.05, 4.69) is 34.2 Å². The van der Waals surface area contributed by atoms with Crippen molar-refractivity contribution in [3.63, 3.8) is 0 Å². The summed E-state index contributed by atoms with van der Waals surface area (Å²) >= 11 is 0.